The average Bonchev–Trinajstić information content (AvgIpc) is 2.22. The Morgan fingerprint density at radius 1 is 1.00 bits per heavy atom. The lowest BCUT2D eigenvalue weighted by Crippen LogP contribution is -2.33. The molecule has 0 aliphatic rings. The summed E-state index contributed by atoms with van der Waals surface area (Å²) in [5, 5.41) is 0. The molecule has 1 aromatic rings. The van der Waals surface area contributed by atoms with E-state index in [-0.39, 0.29) is 18.8 Å². The van der Waals surface area contributed by atoms with E-state index in [1.54, 1.807) is 0 Å². The maximum Gasteiger partial charge on any atom is 0.509 e. The third-order valence-corrected chi connectivity index (χ3v) is 2.13. The summed E-state index contributed by atoms with van der Waals surface area (Å²) in [5.41, 5.74) is -0.766. The minimum atomic E-state index is -5.06. The molecule has 0 amide bonds. The Balaban J connectivity index is 2.41. The van der Waals surface area contributed by atoms with Gasteiger partial charge in [-0.05, 0) is 18.6 Å². The van der Waals surface area contributed by atoms with Crippen LogP contribution in [-0.4, -0.2) is 19.8 Å². The molecule has 1 aromatic carbocycles. The lowest BCUT2D eigenvalue weighted by molar-refractivity contribution is -0.136. The third-order valence-electron chi connectivity index (χ3n) is 2.13. The van der Waals surface area contributed by atoms with Crippen LogP contribution in [0, 0.1) is 0 Å². The molecule has 18 heavy (non-hydrogen) atoms. The zero-order valence-corrected chi connectivity index (χ0v) is 9.18. The molecule has 0 fully saturated rings. The molecule has 8 heteroatoms. The summed E-state index contributed by atoms with van der Waals surface area (Å²) >= 11 is 0. The molecule has 0 saturated carbocycles. The molecule has 0 unspecified atom stereocenters. The van der Waals surface area contributed by atoms with Gasteiger partial charge >= 0.3 is 13.2 Å². The normalized spacial score (nSPS) is 12.6. The van der Waals surface area contributed by atoms with E-state index in [1.807, 2.05) is 0 Å². The minimum Gasteiger partial charge on any atom is -0.494 e. The predicted octanol–water partition coefficient (Wildman–Crippen LogP) is 3.46. The lowest BCUT2D eigenvalue weighted by atomic mass is 9.80. The Morgan fingerprint density at radius 3 is 2.00 bits per heavy atom. The summed E-state index contributed by atoms with van der Waals surface area (Å²) in [7, 11) is 0. The maximum atomic E-state index is 12.3. The first-order valence-electron chi connectivity index (χ1n) is 5.18. The summed E-state index contributed by atoms with van der Waals surface area (Å²) in [4.78, 5) is 0. The highest BCUT2D eigenvalue weighted by Gasteiger charge is 2.26. The van der Waals surface area contributed by atoms with Gasteiger partial charge in [-0.15, -0.1) is 5.46 Å². The Hall–Kier alpha value is -1.34. The molecular weight excluding hydrogens is 261 g/mol. The molecule has 0 aliphatic heterocycles. The van der Waals surface area contributed by atoms with E-state index in [2.05, 4.69) is 0 Å². The SMILES string of the molecule is F[B-](F)(F)c1ccc(OCCCC(F)(F)F)cc1. The van der Waals surface area contributed by atoms with Gasteiger partial charge in [0.05, 0.1) is 6.61 Å². The number of hydrogen-bond acceptors (Lipinski definition) is 1. The van der Waals surface area contributed by atoms with Crippen LogP contribution >= 0.6 is 0 Å². The first-order valence-corrected chi connectivity index (χ1v) is 5.18. The smallest absolute Gasteiger partial charge is 0.494 e. The van der Waals surface area contributed by atoms with Crippen molar-refractivity contribution in [3.8, 4) is 5.75 Å². The van der Waals surface area contributed by atoms with Crippen molar-refractivity contribution in [3.63, 3.8) is 0 Å². The fraction of sp³-hybridized carbons (Fsp3) is 0.400. The van der Waals surface area contributed by atoms with Gasteiger partial charge in [-0.1, -0.05) is 12.1 Å². The molecule has 1 nitrogen and oxygen atoms in total. The van der Waals surface area contributed by atoms with Gasteiger partial charge in [0, 0.05) is 6.42 Å². The summed E-state index contributed by atoms with van der Waals surface area (Å²) < 4.78 is 77.0. The largest absolute Gasteiger partial charge is 0.509 e. The molecule has 0 aromatic heterocycles. The van der Waals surface area contributed by atoms with Crippen LogP contribution in [0.2, 0.25) is 0 Å². The van der Waals surface area contributed by atoms with Crippen LogP contribution in [0.15, 0.2) is 24.3 Å². The van der Waals surface area contributed by atoms with Crippen molar-refractivity contribution in [1.29, 1.82) is 0 Å². The summed E-state index contributed by atoms with van der Waals surface area (Å²) in [6.45, 7) is -5.24. The fourth-order valence-corrected chi connectivity index (χ4v) is 1.24. The molecule has 1 rings (SSSR count). The van der Waals surface area contributed by atoms with Gasteiger partial charge in [0.2, 0.25) is 0 Å². The second-order valence-corrected chi connectivity index (χ2v) is 3.71. The number of ether oxygens (including phenoxy) is 1. The summed E-state index contributed by atoms with van der Waals surface area (Å²) in [6, 6.07) is 3.88. The second-order valence-electron chi connectivity index (χ2n) is 3.71. The Bertz CT molecular complexity index is 369. The van der Waals surface area contributed by atoms with E-state index in [4.69, 9.17) is 4.74 Å². The minimum absolute atomic E-state index is 0.126. The molecular formula is C10H10BF6O-. The van der Waals surface area contributed by atoms with Gasteiger partial charge in [0.25, 0.3) is 0 Å². The second kappa shape index (κ2) is 5.54. The van der Waals surface area contributed by atoms with Crippen molar-refractivity contribution >= 4 is 12.4 Å². The standard InChI is InChI=1S/C10H10BF6O/c12-10(13,14)6-1-7-18-9-4-2-8(3-5-9)11(15,16)17/h2-5H,1,6-7H2/q-1. The number of hydrogen-bond donors (Lipinski definition) is 0. The van der Waals surface area contributed by atoms with Gasteiger partial charge in [0.1, 0.15) is 5.75 Å². The highest BCUT2D eigenvalue weighted by molar-refractivity contribution is 6.73. The molecule has 0 bridgehead atoms. The molecule has 0 atom stereocenters. The molecule has 0 heterocycles. The van der Waals surface area contributed by atoms with Crippen LogP contribution in [0.1, 0.15) is 12.8 Å². The van der Waals surface area contributed by atoms with Crippen molar-refractivity contribution in [2.24, 2.45) is 0 Å². The predicted molar refractivity (Wildman–Crippen MR) is 55.9 cm³/mol. The summed E-state index contributed by atoms with van der Waals surface area (Å²) in [5.74, 6) is 0.126. The Kier molecular flexibility index (Phi) is 4.53. The number of halogens is 6. The zero-order valence-electron chi connectivity index (χ0n) is 9.18. The van der Waals surface area contributed by atoms with E-state index in [0.29, 0.717) is 0 Å². The Labute approximate surface area is 99.8 Å². The van der Waals surface area contributed by atoms with Crippen LogP contribution in [0.5, 0.6) is 5.75 Å². The number of alkyl halides is 3. The molecule has 0 spiro atoms. The van der Waals surface area contributed by atoms with Gasteiger partial charge < -0.3 is 17.7 Å². The highest BCUT2D eigenvalue weighted by Crippen LogP contribution is 2.21. The lowest BCUT2D eigenvalue weighted by Gasteiger charge is -2.15. The van der Waals surface area contributed by atoms with Gasteiger partial charge in [0.15, 0.2) is 0 Å². The van der Waals surface area contributed by atoms with Crippen LogP contribution < -0.4 is 10.2 Å². The Morgan fingerprint density at radius 2 is 1.56 bits per heavy atom. The van der Waals surface area contributed by atoms with Crippen molar-refractivity contribution in [2.45, 2.75) is 19.0 Å². The van der Waals surface area contributed by atoms with Crippen LogP contribution in [0.25, 0.3) is 0 Å². The molecule has 0 saturated heterocycles. The van der Waals surface area contributed by atoms with Gasteiger partial charge in [-0.3, -0.25) is 0 Å². The highest BCUT2D eigenvalue weighted by atomic mass is 19.4. The molecule has 0 radical (unpaired) electrons. The fourth-order valence-electron chi connectivity index (χ4n) is 1.24. The van der Waals surface area contributed by atoms with Crippen LogP contribution in [-0.2, 0) is 0 Å². The van der Waals surface area contributed by atoms with Gasteiger partial charge in [-0.25, -0.2) is 0 Å². The zero-order chi connectivity index (χ0) is 13.8. The first kappa shape index (κ1) is 14.7. The van der Waals surface area contributed by atoms with Crippen molar-refractivity contribution in [3.05, 3.63) is 24.3 Å². The van der Waals surface area contributed by atoms with Crippen molar-refractivity contribution < 1.29 is 30.9 Å². The monoisotopic (exact) mass is 271 g/mol. The third kappa shape index (κ3) is 5.33. The maximum absolute atomic E-state index is 12.3. The van der Waals surface area contributed by atoms with E-state index >= 15 is 0 Å². The first-order chi connectivity index (χ1) is 8.18. The number of rotatable bonds is 5. The summed E-state index contributed by atoms with van der Waals surface area (Å²) in [6.07, 6.45) is -5.45. The molecule has 102 valence electrons. The van der Waals surface area contributed by atoms with Crippen molar-refractivity contribution in [1.82, 2.24) is 0 Å². The topological polar surface area (TPSA) is 9.23 Å². The number of benzene rings is 1. The van der Waals surface area contributed by atoms with E-state index in [1.165, 1.54) is 0 Å². The van der Waals surface area contributed by atoms with Gasteiger partial charge in [-0.2, -0.15) is 13.2 Å². The van der Waals surface area contributed by atoms with E-state index in [0.717, 1.165) is 24.3 Å². The van der Waals surface area contributed by atoms with Crippen molar-refractivity contribution in [2.75, 3.05) is 6.61 Å². The van der Waals surface area contributed by atoms with Crippen LogP contribution in [0.3, 0.4) is 0 Å². The van der Waals surface area contributed by atoms with E-state index < -0.39 is 25.0 Å². The van der Waals surface area contributed by atoms with E-state index in [9.17, 15) is 26.1 Å². The quantitative estimate of drug-likeness (QED) is 0.452. The molecule has 0 aliphatic carbocycles. The van der Waals surface area contributed by atoms with Crippen LogP contribution in [0.4, 0.5) is 26.1 Å². The average molecular weight is 271 g/mol. The molecule has 0 N–H and O–H groups in total.